The van der Waals surface area contributed by atoms with Gasteiger partial charge in [0.25, 0.3) is 0 Å². The number of rotatable bonds is 4. The fourth-order valence-electron chi connectivity index (χ4n) is 1.32. The summed E-state index contributed by atoms with van der Waals surface area (Å²) in [7, 11) is 0. The zero-order valence-electron chi connectivity index (χ0n) is 10.6. The molecule has 0 radical (unpaired) electrons. The van der Waals surface area contributed by atoms with Crippen molar-refractivity contribution in [2.75, 3.05) is 0 Å². The third-order valence-electron chi connectivity index (χ3n) is 2.61. The highest BCUT2D eigenvalue weighted by molar-refractivity contribution is 5.85. The molecule has 0 aliphatic carbocycles. The first-order valence-corrected chi connectivity index (χ1v) is 5.59. The molecule has 3 N–H and O–H groups in total. The second kappa shape index (κ2) is 7.30. The van der Waals surface area contributed by atoms with Crippen LogP contribution in [0, 0.1) is 12.8 Å². The van der Waals surface area contributed by atoms with Crippen LogP contribution in [0.2, 0.25) is 0 Å². The SMILES string of the molecule is Cc1ccc(CNC(=O)[C@H](N)C(C)C)cc1.Cl. The van der Waals surface area contributed by atoms with Crippen LogP contribution in [0.5, 0.6) is 0 Å². The van der Waals surface area contributed by atoms with Gasteiger partial charge in [-0.15, -0.1) is 12.4 Å². The van der Waals surface area contributed by atoms with Gasteiger partial charge in [-0.2, -0.15) is 0 Å². The Labute approximate surface area is 109 Å². The average Bonchev–Trinajstić information content (AvgIpc) is 2.26. The average molecular weight is 257 g/mol. The summed E-state index contributed by atoms with van der Waals surface area (Å²) in [5.74, 6) is 0.0774. The van der Waals surface area contributed by atoms with Gasteiger partial charge in [0.1, 0.15) is 0 Å². The van der Waals surface area contributed by atoms with Gasteiger partial charge < -0.3 is 11.1 Å². The first kappa shape index (κ1) is 15.9. The summed E-state index contributed by atoms with van der Waals surface area (Å²) in [5.41, 5.74) is 8.05. The lowest BCUT2D eigenvalue weighted by molar-refractivity contribution is -0.123. The molecule has 4 heteroatoms. The van der Waals surface area contributed by atoms with E-state index in [4.69, 9.17) is 5.73 Å². The highest BCUT2D eigenvalue weighted by Crippen LogP contribution is 2.03. The lowest BCUT2D eigenvalue weighted by Gasteiger charge is -2.15. The zero-order chi connectivity index (χ0) is 12.1. The van der Waals surface area contributed by atoms with Crippen molar-refractivity contribution in [3.8, 4) is 0 Å². The van der Waals surface area contributed by atoms with Crippen LogP contribution >= 0.6 is 12.4 Å². The number of nitrogens with two attached hydrogens (primary N) is 1. The molecule has 0 aliphatic heterocycles. The molecule has 17 heavy (non-hydrogen) atoms. The minimum atomic E-state index is -0.426. The van der Waals surface area contributed by atoms with Crippen molar-refractivity contribution < 1.29 is 4.79 Å². The number of hydrogen-bond donors (Lipinski definition) is 2. The first-order chi connectivity index (χ1) is 7.50. The van der Waals surface area contributed by atoms with E-state index in [1.165, 1.54) is 5.56 Å². The van der Waals surface area contributed by atoms with Gasteiger partial charge in [-0.1, -0.05) is 43.7 Å². The van der Waals surface area contributed by atoms with Crippen LogP contribution in [0.3, 0.4) is 0 Å². The van der Waals surface area contributed by atoms with E-state index in [2.05, 4.69) is 5.32 Å². The minimum Gasteiger partial charge on any atom is -0.351 e. The lowest BCUT2D eigenvalue weighted by atomic mass is 10.0. The Morgan fingerprint density at radius 3 is 2.29 bits per heavy atom. The Morgan fingerprint density at radius 1 is 1.29 bits per heavy atom. The number of hydrogen-bond acceptors (Lipinski definition) is 2. The molecule has 0 aromatic heterocycles. The predicted molar refractivity (Wildman–Crippen MR) is 73.1 cm³/mol. The van der Waals surface area contributed by atoms with Gasteiger partial charge in [0.2, 0.25) is 5.91 Å². The van der Waals surface area contributed by atoms with Gasteiger partial charge in [-0.25, -0.2) is 0 Å². The standard InChI is InChI=1S/C13H20N2O.ClH/c1-9(2)12(14)13(16)15-8-11-6-4-10(3)5-7-11;/h4-7,9,12H,8,14H2,1-3H3,(H,15,16);1H/t12-;/m1./s1. The first-order valence-electron chi connectivity index (χ1n) is 5.59. The molecule has 1 rings (SSSR count). The molecule has 0 bridgehead atoms. The van der Waals surface area contributed by atoms with E-state index < -0.39 is 6.04 Å². The van der Waals surface area contributed by atoms with Crippen LogP contribution in [-0.4, -0.2) is 11.9 Å². The maximum absolute atomic E-state index is 11.6. The van der Waals surface area contributed by atoms with Crippen molar-refractivity contribution in [1.29, 1.82) is 0 Å². The Kier molecular flexibility index (Phi) is 6.85. The van der Waals surface area contributed by atoms with Crippen LogP contribution in [-0.2, 0) is 11.3 Å². The summed E-state index contributed by atoms with van der Waals surface area (Å²) in [5, 5.41) is 2.84. The largest absolute Gasteiger partial charge is 0.351 e. The number of carbonyl (C=O) groups excluding carboxylic acids is 1. The van der Waals surface area contributed by atoms with E-state index in [1.807, 2.05) is 45.0 Å². The Balaban J connectivity index is 0.00000256. The second-order valence-electron chi connectivity index (χ2n) is 4.47. The molecule has 0 aliphatic rings. The third kappa shape index (κ3) is 5.20. The minimum absolute atomic E-state index is 0. The number of aryl methyl sites for hydroxylation is 1. The molecule has 1 aromatic carbocycles. The van der Waals surface area contributed by atoms with Crippen LogP contribution in [0.1, 0.15) is 25.0 Å². The van der Waals surface area contributed by atoms with Gasteiger partial charge in [-0.05, 0) is 18.4 Å². The number of halogens is 1. The Hall–Kier alpha value is -1.06. The molecule has 0 saturated carbocycles. The van der Waals surface area contributed by atoms with E-state index in [0.29, 0.717) is 6.54 Å². The molecule has 0 fully saturated rings. The van der Waals surface area contributed by atoms with Gasteiger partial charge in [0, 0.05) is 6.54 Å². The van der Waals surface area contributed by atoms with E-state index in [9.17, 15) is 4.79 Å². The number of nitrogens with one attached hydrogen (secondary N) is 1. The van der Waals surface area contributed by atoms with Crippen molar-refractivity contribution in [3.63, 3.8) is 0 Å². The zero-order valence-corrected chi connectivity index (χ0v) is 11.4. The molecule has 0 spiro atoms. The van der Waals surface area contributed by atoms with E-state index in [0.717, 1.165) is 5.56 Å². The smallest absolute Gasteiger partial charge is 0.237 e. The molecule has 0 unspecified atom stereocenters. The fraction of sp³-hybridized carbons (Fsp3) is 0.462. The summed E-state index contributed by atoms with van der Waals surface area (Å²) in [6.45, 7) is 6.46. The predicted octanol–water partition coefficient (Wildman–Crippen LogP) is 2.02. The maximum Gasteiger partial charge on any atom is 0.237 e. The summed E-state index contributed by atoms with van der Waals surface area (Å²) >= 11 is 0. The highest BCUT2D eigenvalue weighted by atomic mass is 35.5. The summed E-state index contributed by atoms with van der Waals surface area (Å²) < 4.78 is 0. The topological polar surface area (TPSA) is 55.1 Å². The maximum atomic E-state index is 11.6. The monoisotopic (exact) mass is 256 g/mol. The highest BCUT2D eigenvalue weighted by Gasteiger charge is 2.16. The van der Waals surface area contributed by atoms with Crippen molar-refractivity contribution in [1.82, 2.24) is 5.32 Å². The van der Waals surface area contributed by atoms with Gasteiger partial charge in [0.15, 0.2) is 0 Å². The molecule has 1 atom stereocenters. The molecular formula is C13H21ClN2O. The van der Waals surface area contributed by atoms with Crippen molar-refractivity contribution >= 4 is 18.3 Å². The molecule has 1 aromatic rings. The normalized spacial score (nSPS) is 11.8. The number of carbonyl (C=O) groups is 1. The van der Waals surface area contributed by atoms with Crippen LogP contribution in [0.4, 0.5) is 0 Å². The van der Waals surface area contributed by atoms with Gasteiger partial charge in [-0.3, -0.25) is 4.79 Å². The Bertz CT molecular complexity index is 349. The molecule has 96 valence electrons. The van der Waals surface area contributed by atoms with E-state index >= 15 is 0 Å². The number of amides is 1. The fourth-order valence-corrected chi connectivity index (χ4v) is 1.32. The third-order valence-corrected chi connectivity index (χ3v) is 2.61. The Morgan fingerprint density at radius 2 is 1.82 bits per heavy atom. The lowest BCUT2D eigenvalue weighted by Crippen LogP contribution is -2.43. The molecule has 0 heterocycles. The van der Waals surface area contributed by atoms with Crippen molar-refractivity contribution in [2.45, 2.75) is 33.4 Å². The second-order valence-corrected chi connectivity index (χ2v) is 4.47. The van der Waals surface area contributed by atoms with Crippen LogP contribution in [0.15, 0.2) is 24.3 Å². The molecule has 0 saturated heterocycles. The van der Waals surface area contributed by atoms with Crippen LogP contribution in [0.25, 0.3) is 0 Å². The van der Waals surface area contributed by atoms with Crippen molar-refractivity contribution in [3.05, 3.63) is 35.4 Å². The van der Waals surface area contributed by atoms with Gasteiger partial charge in [0.05, 0.1) is 6.04 Å². The van der Waals surface area contributed by atoms with E-state index in [-0.39, 0.29) is 24.2 Å². The van der Waals surface area contributed by atoms with Crippen LogP contribution < -0.4 is 11.1 Å². The molecule has 1 amide bonds. The summed E-state index contributed by atoms with van der Waals surface area (Å²) in [6.07, 6.45) is 0. The summed E-state index contributed by atoms with van der Waals surface area (Å²) in [4.78, 5) is 11.6. The summed E-state index contributed by atoms with van der Waals surface area (Å²) in [6, 6.07) is 7.66. The van der Waals surface area contributed by atoms with Gasteiger partial charge >= 0.3 is 0 Å². The van der Waals surface area contributed by atoms with E-state index in [1.54, 1.807) is 0 Å². The molecule has 3 nitrogen and oxygen atoms in total. The number of benzene rings is 1. The molecular weight excluding hydrogens is 236 g/mol. The van der Waals surface area contributed by atoms with Crippen molar-refractivity contribution in [2.24, 2.45) is 11.7 Å². The quantitative estimate of drug-likeness (QED) is 0.866.